The quantitative estimate of drug-likeness (QED) is 0.557. The van der Waals surface area contributed by atoms with E-state index in [2.05, 4.69) is 15.9 Å². The highest BCUT2D eigenvalue weighted by atomic mass is 79.9. The van der Waals surface area contributed by atoms with E-state index in [9.17, 15) is 26.3 Å². The molecule has 0 radical (unpaired) electrons. The van der Waals surface area contributed by atoms with Crippen LogP contribution in [0.1, 0.15) is 6.42 Å². The molecule has 0 heterocycles. The van der Waals surface area contributed by atoms with Crippen LogP contribution in [0.25, 0.3) is 0 Å². The lowest BCUT2D eigenvalue weighted by molar-refractivity contribution is -0.160. The molecule has 15 heavy (non-hydrogen) atoms. The maximum atomic E-state index is 11.9. The zero-order valence-corrected chi connectivity index (χ0v) is 9.21. The van der Waals surface area contributed by atoms with Crippen LogP contribution in [0.3, 0.4) is 0 Å². The van der Waals surface area contributed by atoms with Crippen molar-refractivity contribution in [3.63, 3.8) is 0 Å². The zero-order valence-electron chi connectivity index (χ0n) is 7.63. The lowest BCUT2D eigenvalue weighted by Crippen LogP contribution is -2.37. The van der Waals surface area contributed by atoms with E-state index >= 15 is 0 Å². The first-order chi connectivity index (χ1) is 6.64. The number of halogens is 7. The molecule has 92 valence electrons. The van der Waals surface area contributed by atoms with Crippen LogP contribution < -0.4 is 0 Å². The van der Waals surface area contributed by atoms with Crippen molar-refractivity contribution in [2.24, 2.45) is 0 Å². The van der Waals surface area contributed by atoms with Gasteiger partial charge in [0, 0.05) is 18.4 Å². The van der Waals surface area contributed by atoms with Gasteiger partial charge in [0.25, 0.3) is 0 Å². The number of hydrogen-bond donors (Lipinski definition) is 0. The summed E-state index contributed by atoms with van der Waals surface area (Å²) < 4.78 is 71.0. The van der Waals surface area contributed by atoms with Crippen molar-refractivity contribution in [1.82, 2.24) is 4.90 Å². The van der Waals surface area contributed by atoms with Crippen LogP contribution in [-0.2, 0) is 0 Å². The first kappa shape index (κ1) is 15.0. The molecule has 0 amide bonds. The summed E-state index contributed by atoms with van der Waals surface area (Å²) in [6.45, 7) is -2.00. The van der Waals surface area contributed by atoms with Crippen LogP contribution in [0, 0.1) is 0 Å². The summed E-state index contributed by atoms with van der Waals surface area (Å²) in [6, 6.07) is 0. The van der Waals surface area contributed by atoms with Gasteiger partial charge in [0.2, 0.25) is 0 Å². The summed E-state index contributed by atoms with van der Waals surface area (Å²) in [5.41, 5.74) is 0. The Morgan fingerprint density at radius 1 is 0.867 bits per heavy atom. The summed E-state index contributed by atoms with van der Waals surface area (Å²) in [5.74, 6) is 0. The number of hydrogen-bond acceptors (Lipinski definition) is 1. The van der Waals surface area contributed by atoms with Crippen LogP contribution in [0.15, 0.2) is 0 Å². The molecule has 0 spiro atoms. The van der Waals surface area contributed by atoms with Gasteiger partial charge in [-0.3, -0.25) is 4.90 Å². The highest BCUT2D eigenvalue weighted by molar-refractivity contribution is 9.09. The number of alkyl halides is 7. The predicted molar refractivity (Wildman–Crippen MR) is 47.0 cm³/mol. The van der Waals surface area contributed by atoms with Crippen molar-refractivity contribution in [3.8, 4) is 0 Å². The second-order valence-corrected chi connectivity index (χ2v) is 3.74. The number of nitrogens with zero attached hydrogens (tertiary/aromatic N) is 1. The lowest BCUT2D eigenvalue weighted by Gasteiger charge is -2.23. The van der Waals surface area contributed by atoms with Crippen LogP contribution in [0.5, 0.6) is 0 Å². The fourth-order valence-electron chi connectivity index (χ4n) is 0.928. The second-order valence-electron chi connectivity index (χ2n) is 2.95. The normalized spacial score (nSPS) is 13.6. The Balaban J connectivity index is 4.05. The van der Waals surface area contributed by atoms with Gasteiger partial charge in [-0.05, 0) is 0 Å². The molecule has 0 aliphatic heterocycles. The van der Waals surface area contributed by atoms with Crippen LogP contribution in [0.4, 0.5) is 26.3 Å². The third-order valence-corrected chi connectivity index (χ3v) is 1.87. The molecule has 0 aromatic heterocycles. The molecule has 0 aliphatic rings. The zero-order chi connectivity index (χ0) is 12.1. The monoisotopic (exact) mass is 301 g/mol. The fraction of sp³-hybridized carbons (Fsp3) is 1.00. The highest BCUT2D eigenvalue weighted by Gasteiger charge is 2.33. The highest BCUT2D eigenvalue weighted by Crippen LogP contribution is 2.22. The summed E-state index contributed by atoms with van der Waals surface area (Å²) in [5, 5.41) is 0.209. The number of rotatable bonds is 5. The van der Waals surface area contributed by atoms with Gasteiger partial charge in [0.05, 0.1) is 13.0 Å². The van der Waals surface area contributed by atoms with Gasteiger partial charge in [-0.2, -0.15) is 26.3 Å². The Morgan fingerprint density at radius 3 is 1.73 bits per heavy atom. The smallest absolute Gasteiger partial charge is 0.294 e. The molecule has 0 saturated heterocycles. The largest absolute Gasteiger partial charge is 0.401 e. The van der Waals surface area contributed by atoms with Gasteiger partial charge in [-0.15, -0.1) is 0 Å². The molecule has 0 unspecified atom stereocenters. The molecule has 0 rings (SSSR count). The predicted octanol–water partition coefficient (Wildman–Crippen LogP) is 3.20. The minimum atomic E-state index is -4.46. The van der Waals surface area contributed by atoms with Crippen LogP contribution >= 0.6 is 15.9 Å². The van der Waals surface area contributed by atoms with E-state index in [1.54, 1.807) is 0 Å². The van der Waals surface area contributed by atoms with Gasteiger partial charge in [-0.25, -0.2) is 0 Å². The molecule has 0 bridgehead atoms. The third-order valence-electron chi connectivity index (χ3n) is 1.52. The molecule has 8 heteroatoms. The molecular formula is C7H10BrF6N. The van der Waals surface area contributed by atoms with E-state index in [0.29, 0.717) is 0 Å². The van der Waals surface area contributed by atoms with E-state index < -0.39 is 31.9 Å². The molecule has 0 N–H and O–H groups in total. The topological polar surface area (TPSA) is 3.24 Å². The van der Waals surface area contributed by atoms with Crippen molar-refractivity contribution in [2.75, 3.05) is 25.0 Å². The molecule has 0 saturated carbocycles. The molecule has 0 aromatic rings. The fourth-order valence-corrected chi connectivity index (χ4v) is 1.43. The first-order valence-corrected chi connectivity index (χ1v) is 5.18. The average Bonchev–Trinajstić information content (AvgIpc) is 1.96. The van der Waals surface area contributed by atoms with E-state index in [1.165, 1.54) is 0 Å². The van der Waals surface area contributed by atoms with Crippen molar-refractivity contribution in [3.05, 3.63) is 0 Å². The van der Waals surface area contributed by atoms with Gasteiger partial charge in [0.15, 0.2) is 0 Å². The maximum absolute atomic E-state index is 11.9. The van der Waals surface area contributed by atoms with E-state index in [1.807, 2.05) is 0 Å². The second kappa shape index (κ2) is 5.93. The van der Waals surface area contributed by atoms with Crippen LogP contribution in [-0.4, -0.2) is 42.2 Å². The minimum Gasteiger partial charge on any atom is -0.294 e. The Kier molecular flexibility index (Phi) is 5.94. The molecule has 0 fully saturated rings. The van der Waals surface area contributed by atoms with Crippen molar-refractivity contribution in [2.45, 2.75) is 18.8 Å². The van der Waals surface area contributed by atoms with Gasteiger partial charge in [-0.1, -0.05) is 15.9 Å². The summed E-state index contributed by atoms with van der Waals surface area (Å²) in [6.07, 6.45) is -10.1. The standard InChI is InChI=1S/C7H10BrF6N/c8-2-4-15(5-7(12,13)14)3-1-6(9,10)11/h1-5H2. The van der Waals surface area contributed by atoms with E-state index in [4.69, 9.17) is 0 Å². The molecule has 0 aliphatic carbocycles. The molecule has 1 nitrogen and oxygen atoms in total. The molecule has 0 atom stereocenters. The lowest BCUT2D eigenvalue weighted by atomic mass is 10.3. The van der Waals surface area contributed by atoms with Crippen molar-refractivity contribution < 1.29 is 26.3 Å². The summed E-state index contributed by atoms with van der Waals surface area (Å²) in [7, 11) is 0. The molecule has 0 aromatic carbocycles. The summed E-state index contributed by atoms with van der Waals surface area (Å²) >= 11 is 2.89. The van der Waals surface area contributed by atoms with Crippen molar-refractivity contribution in [1.29, 1.82) is 0 Å². The Bertz CT molecular complexity index is 177. The van der Waals surface area contributed by atoms with E-state index in [0.717, 1.165) is 4.90 Å². The summed E-state index contributed by atoms with van der Waals surface area (Å²) in [4.78, 5) is 0.724. The average molecular weight is 302 g/mol. The SMILES string of the molecule is FC(F)(F)CCN(CCBr)CC(F)(F)F. The Morgan fingerprint density at radius 2 is 1.40 bits per heavy atom. The van der Waals surface area contributed by atoms with Crippen LogP contribution in [0.2, 0.25) is 0 Å². The maximum Gasteiger partial charge on any atom is 0.401 e. The Labute approximate surface area is 91.5 Å². The molecular weight excluding hydrogens is 292 g/mol. The third kappa shape index (κ3) is 10.3. The van der Waals surface area contributed by atoms with Gasteiger partial charge < -0.3 is 0 Å². The van der Waals surface area contributed by atoms with Gasteiger partial charge in [0.1, 0.15) is 0 Å². The minimum absolute atomic E-state index is 0.0599. The first-order valence-electron chi connectivity index (χ1n) is 4.06. The van der Waals surface area contributed by atoms with Gasteiger partial charge >= 0.3 is 12.4 Å². The van der Waals surface area contributed by atoms with E-state index in [-0.39, 0.29) is 11.9 Å². The Hall–Kier alpha value is 0.0200. The van der Waals surface area contributed by atoms with Crippen molar-refractivity contribution >= 4 is 15.9 Å².